The van der Waals surface area contributed by atoms with Crippen LogP contribution >= 0.6 is 0 Å². The minimum Gasteiger partial charge on any atom is -0.380 e. The second-order valence-corrected chi connectivity index (χ2v) is 6.00. The lowest BCUT2D eigenvalue weighted by Gasteiger charge is -2.41. The maximum Gasteiger partial charge on any atom is 0.246 e. The van der Waals surface area contributed by atoms with Gasteiger partial charge < -0.3 is 14.5 Å². The zero-order chi connectivity index (χ0) is 16.2. The molecule has 0 N–H and O–H groups in total. The summed E-state index contributed by atoms with van der Waals surface area (Å²) in [4.78, 5) is 28.0. The molecule has 2 aliphatic rings. The fourth-order valence-corrected chi connectivity index (χ4v) is 3.24. The van der Waals surface area contributed by atoms with Crippen molar-refractivity contribution in [3.8, 4) is 0 Å². The van der Waals surface area contributed by atoms with E-state index >= 15 is 0 Å². The van der Waals surface area contributed by atoms with Gasteiger partial charge in [-0.25, -0.2) is 0 Å². The summed E-state index contributed by atoms with van der Waals surface area (Å²) >= 11 is 0. The third kappa shape index (κ3) is 3.29. The van der Waals surface area contributed by atoms with E-state index < -0.39 is 0 Å². The van der Waals surface area contributed by atoms with Crippen LogP contribution in [0.25, 0.3) is 0 Å². The first-order valence-electron chi connectivity index (χ1n) is 8.05. The monoisotopic (exact) mass is 314 g/mol. The van der Waals surface area contributed by atoms with Crippen LogP contribution in [0.15, 0.2) is 43.0 Å². The number of carbonyl (C=O) groups is 2. The molecule has 2 saturated heterocycles. The van der Waals surface area contributed by atoms with Gasteiger partial charge in [-0.2, -0.15) is 0 Å². The highest BCUT2D eigenvalue weighted by Crippen LogP contribution is 2.29. The van der Waals surface area contributed by atoms with E-state index in [2.05, 4.69) is 18.7 Å². The summed E-state index contributed by atoms with van der Waals surface area (Å²) in [6.07, 6.45) is 2.10. The molecule has 2 amide bonds. The van der Waals surface area contributed by atoms with Crippen LogP contribution in [0.4, 0.5) is 0 Å². The molecule has 0 bridgehead atoms. The van der Waals surface area contributed by atoms with E-state index in [1.807, 2.05) is 23.1 Å². The van der Waals surface area contributed by atoms with E-state index in [0.29, 0.717) is 32.8 Å². The molecule has 0 spiro atoms. The second kappa shape index (κ2) is 6.96. The van der Waals surface area contributed by atoms with E-state index in [9.17, 15) is 9.59 Å². The molecule has 2 heterocycles. The van der Waals surface area contributed by atoms with Crippen LogP contribution in [0, 0.1) is 5.92 Å². The Morgan fingerprint density at radius 1 is 1.17 bits per heavy atom. The summed E-state index contributed by atoms with van der Waals surface area (Å²) < 4.78 is 5.56. The molecule has 1 aromatic rings. The third-order valence-electron chi connectivity index (χ3n) is 4.57. The lowest BCUT2D eigenvalue weighted by atomic mass is 9.95. The summed E-state index contributed by atoms with van der Waals surface area (Å²) in [5.41, 5.74) is 1.14. The number of ether oxygens (including phenoxy) is 1. The van der Waals surface area contributed by atoms with Crippen molar-refractivity contribution in [2.75, 3.05) is 32.8 Å². The van der Waals surface area contributed by atoms with Gasteiger partial charge in [0.2, 0.25) is 11.8 Å². The maximum absolute atomic E-state index is 12.9. The lowest BCUT2D eigenvalue weighted by molar-refractivity contribution is -0.148. The molecule has 0 radical (unpaired) electrons. The molecule has 1 aromatic carbocycles. The van der Waals surface area contributed by atoms with Gasteiger partial charge in [0.25, 0.3) is 0 Å². The van der Waals surface area contributed by atoms with Gasteiger partial charge in [0.15, 0.2) is 0 Å². The van der Waals surface area contributed by atoms with E-state index in [1.54, 1.807) is 4.90 Å². The Morgan fingerprint density at radius 2 is 1.91 bits per heavy atom. The Bertz CT molecular complexity index is 581. The Morgan fingerprint density at radius 3 is 2.61 bits per heavy atom. The second-order valence-electron chi connectivity index (χ2n) is 6.00. The van der Waals surface area contributed by atoms with Crippen molar-refractivity contribution in [2.45, 2.75) is 12.5 Å². The number of amides is 2. The number of carbonyl (C=O) groups excluding carboxylic acids is 2. The maximum atomic E-state index is 12.9. The van der Waals surface area contributed by atoms with Crippen LogP contribution in [-0.4, -0.2) is 54.5 Å². The van der Waals surface area contributed by atoms with Crippen LogP contribution in [0.1, 0.15) is 18.0 Å². The highest BCUT2D eigenvalue weighted by atomic mass is 16.5. The highest BCUT2D eigenvalue weighted by molar-refractivity contribution is 5.90. The average Bonchev–Trinajstić information content (AvgIpc) is 2.79. The molecule has 0 saturated carbocycles. The fraction of sp³-hybridized carbons (Fsp3) is 0.444. The van der Waals surface area contributed by atoms with Gasteiger partial charge in [0.05, 0.1) is 18.6 Å². The Labute approximate surface area is 136 Å². The minimum atomic E-state index is -0.108. The van der Waals surface area contributed by atoms with E-state index in [4.69, 9.17) is 4.74 Å². The molecule has 2 fully saturated rings. The van der Waals surface area contributed by atoms with Crippen LogP contribution in [0.5, 0.6) is 0 Å². The van der Waals surface area contributed by atoms with Gasteiger partial charge >= 0.3 is 0 Å². The number of nitrogens with zero attached hydrogens (tertiary/aromatic N) is 2. The van der Waals surface area contributed by atoms with E-state index in [0.717, 1.165) is 12.0 Å². The first-order chi connectivity index (χ1) is 11.2. The Hall–Kier alpha value is -2.14. The highest BCUT2D eigenvalue weighted by Gasteiger charge is 2.39. The van der Waals surface area contributed by atoms with Crippen molar-refractivity contribution >= 4 is 11.8 Å². The first kappa shape index (κ1) is 15.7. The standard InChI is InChI=1S/C18H22N2O3/c1-2-17(21)19-12-15(13-19)18(22)20-9-11-23-10-8-16(20)14-6-4-3-5-7-14/h2-7,15-16H,1,8-13H2. The van der Waals surface area contributed by atoms with Crippen molar-refractivity contribution in [2.24, 2.45) is 5.92 Å². The van der Waals surface area contributed by atoms with Crippen molar-refractivity contribution in [3.63, 3.8) is 0 Å². The number of hydrogen-bond acceptors (Lipinski definition) is 3. The lowest BCUT2D eigenvalue weighted by Crippen LogP contribution is -2.56. The van der Waals surface area contributed by atoms with Crippen molar-refractivity contribution in [3.05, 3.63) is 48.6 Å². The Balaban J connectivity index is 1.72. The van der Waals surface area contributed by atoms with Crippen LogP contribution in [0.2, 0.25) is 0 Å². The fourth-order valence-electron chi connectivity index (χ4n) is 3.24. The van der Waals surface area contributed by atoms with Crippen LogP contribution < -0.4 is 0 Å². The zero-order valence-electron chi connectivity index (χ0n) is 13.2. The summed E-state index contributed by atoms with van der Waals surface area (Å²) in [6, 6.07) is 10.1. The third-order valence-corrected chi connectivity index (χ3v) is 4.57. The van der Waals surface area contributed by atoms with Gasteiger partial charge in [-0.1, -0.05) is 36.9 Å². The summed E-state index contributed by atoms with van der Waals surface area (Å²) in [5.74, 6) is -0.0893. The zero-order valence-corrected chi connectivity index (χ0v) is 13.2. The molecular formula is C18H22N2O3. The van der Waals surface area contributed by atoms with Crippen molar-refractivity contribution in [1.29, 1.82) is 0 Å². The molecule has 1 atom stereocenters. The number of benzene rings is 1. The number of rotatable bonds is 3. The first-order valence-corrected chi connectivity index (χ1v) is 8.05. The summed E-state index contributed by atoms with van der Waals surface area (Å²) in [7, 11) is 0. The average molecular weight is 314 g/mol. The minimum absolute atomic E-state index is 0.0513. The molecule has 0 aromatic heterocycles. The predicted molar refractivity (Wildman–Crippen MR) is 86.6 cm³/mol. The number of likely N-dealkylation sites (tertiary alicyclic amines) is 1. The summed E-state index contributed by atoms with van der Waals surface area (Å²) in [5, 5.41) is 0. The van der Waals surface area contributed by atoms with Gasteiger partial charge in [0, 0.05) is 26.2 Å². The van der Waals surface area contributed by atoms with Gasteiger partial charge in [-0.3, -0.25) is 9.59 Å². The number of hydrogen-bond donors (Lipinski definition) is 0. The summed E-state index contributed by atoms with van der Waals surface area (Å²) in [6.45, 7) is 6.29. The van der Waals surface area contributed by atoms with Gasteiger partial charge in [0.1, 0.15) is 0 Å². The van der Waals surface area contributed by atoms with Crippen LogP contribution in [0.3, 0.4) is 0 Å². The topological polar surface area (TPSA) is 49.9 Å². The van der Waals surface area contributed by atoms with E-state index in [1.165, 1.54) is 6.08 Å². The van der Waals surface area contributed by atoms with Crippen LogP contribution in [-0.2, 0) is 14.3 Å². The largest absolute Gasteiger partial charge is 0.380 e. The van der Waals surface area contributed by atoms with E-state index in [-0.39, 0.29) is 23.8 Å². The molecule has 1 unspecified atom stereocenters. The van der Waals surface area contributed by atoms with Gasteiger partial charge in [-0.15, -0.1) is 0 Å². The molecule has 23 heavy (non-hydrogen) atoms. The molecule has 0 aliphatic carbocycles. The molecular weight excluding hydrogens is 292 g/mol. The van der Waals surface area contributed by atoms with Crippen molar-refractivity contribution < 1.29 is 14.3 Å². The smallest absolute Gasteiger partial charge is 0.246 e. The molecule has 5 nitrogen and oxygen atoms in total. The molecule has 2 aliphatic heterocycles. The SMILES string of the molecule is C=CC(=O)N1CC(C(=O)N2CCOCCC2c2ccccc2)C1. The normalized spacial score (nSPS) is 22.2. The van der Waals surface area contributed by atoms with Gasteiger partial charge in [-0.05, 0) is 18.1 Å². The predicted octanol–water partition coefficient (Wildman–Crippen LogP) is 1.62. The molecule has 3 rings (SSSR count). The Kier molecular flexibility index (Phi) is 4.76. The molecule has 5 heteroatoms. The quantitative estimate of drug-likeness (QED) is 0.797. The van der Waals surface area contributed by atoms with Crippen molar-refractivity contribution in [1.82, 2.24) is 9.80 Å². The molecule has 122 valence electrons.